The fourth-order valence-electron chi connectivity index (χ4n) is 2.94. The normalized spacial score (nSPS) is 17.9. The van der Waals surface area contributed by atoms with E-state index in [1.807, 2.05) is 0 Å². The average Bonchev–Trinajstić information content (AvgIpc) is 2.66. The van der Waals surface area contributed by atoms with Gasteiger partial charge in [0.2, 0.25) is 15.9 Å². The second-order valence-corrected chi connectivity index (χ2v) is 8.79. The first-order chi connectivity index (χ1) is 12.7. The monoisotopic (exact) mass is 435 g/mol. The molecule has 1 aromatic rings. The largest absolute Gasteiger partial charge is 0.493 e. The van der Waals surface area contributed by atoms with Crippen molar-refractivity contribution in [2.45, 2.75) is 43.7 Å². The lowest BCUT2D eigenvalue weighted by Crippen LogP contribution is -2.49. The van der Waals surface area contributed by atoms with Gasteiger partial charge < -0.3 is 20.5 Å². The number of benzene rings is 1. The topological polar surface area (TPSA) is 111 Å². The number of amides is 1. The molecule has 1 aliphatic heterocycles. The third-order valence-electron chi connectivity index (χ3n) is 5.00. The molecule has 1 heterocycles. The molecule has 28 heavy (non-hydrogen) atoms. The van der Waals surface area contributed by atoms with Crippen LogP contribution in [-0.4, -0.2) is 58.0 Å². The zero-order chi connectivity index (χ0) is 20.2. The predicted octanol–water partition coefficient (Wildman–Crippen LogP) is 1.38. The van der Waals surface area contributed by atoms with Crippen molar-refractivity contribution in [2.75, 3.05) is 27.3 Å². The van der Waals surface area contributed by atoms with Gasteiger partial charge in [0, 0.05) is 37.2 Å². The Hall–Kier alpha value is -1.55. The number of hydrogen-bond acceptors (Lipinski definition) is 6. The summed E-state index contributed by atoms with van der Waals surface area (Å²) < 4.78 is 37.6. The summed E-state index contributed by atoms with van der Waals surface area (Å²) in [6.07, 6.45) is 1.12. The summed E-state index contributed by atoms with van der Waals surface area (Å²) in [5.41, 5.74) is 5.76. The Labute approximate surface area is 173 Å². The smallest absolute Gasteiger partial charge is 0.243 e. The van der Waals surface area contributed by atoms with Crippen LogP contribution in [0.3, 0.4) is 0 Å². The van der Waals surface area contributed by atoms with Gasteiger partial charge in [0.25, 0.3) is 0 Å². The van der Waals surface area contributed by atoms with E-state index in [0.717, 1.165) is 0 Å². The van der Waals surface area contributed by atoms with Gasteiger partial charge in [-0.1, -0.05) is 6.92 Å². The molecule has 1 fully saturated rings. The van der Waals surface area contributed by atoms with Crippen LogP contribution in [0.15, 0.2) is 23.1 Å². The van der Waals surface area contributed by atoms with Crippen molar-refractivity contribution in [3.8, 4) is 11.5 Å². The predicted molar refractivity (Wildman–Crippen MR) is 110 cm³/mol. The molecule has 0 bridgehead atoms. The van der Waals surface area contributed by atoms with E-state index in [2.05, 4.69) is 5.32 Å². The first-order valence-corrected chi connectivity index (χ1v) is 10.4. The molecule has 1 saturated heterocycles. The summed E-state index contributed by atoms with van der Waals surface area (Å²) >= 11 is 0. The highest BCUT2D eigenvalue weighted by molar-refractivity contribution is 7.89. The maximum absolute atomic E-state index is 12.9. The number of nitrogens with one attached hydrogen (secondary N) is 1. The van der Waals surface area contributed by atoms with Crippen molar-refractivity contribution in [2.24, 2.45) is 11.7 Å². The number of rotatable bonds is 7. The van der Waals surface area contributed by atoms with Gasteiger partial charge in [-0.2, -0.15) is 4.31 Å². The maximum Gasteiger partial charge on any atom is 0.243 e. The average molecular weight is 436 g/mol. The SMILES string of the molecule is COc1ccc(S(=O)(=O)N2CCC(NC(=O)C(C)C(C)N)CC2)cc1OC.Cl. The molecule has 0 spiro atoms. The van der Waals surface area contributed by atoms with Crippen LogP contribution in [0, 0.1) is 5.92 Å². The third kappa shape index (κ3) is 5.50. The molecular weight excluding hydrogens is 406 g/mol. The lowest BCUT2D eigenvalue weighted by Gasteiger charge is -2.32. The molecular formula is C18H30ClN3O5S. The van der Waals surface area contributed by atoms with Gasteiger partial charge in [0.15, 0.2) is 11.5 Å². The quantitative estimate of drug-likeness (QED) is 0.669. The summed E-state index contributed by atoms with van der Waals surface area (Å²) in [5.74, 6) is 0.469. The fourth-order valence-corrected chi connectivity index (χ4v) is 4.42. The zero-order valence-corrected chi connectivity index (χ0v) is 18.3. The zero-order valence-electron chi connectivity index (χ0n) is 16.7. The molecule has 0 saturated carbocycles. The highest BCUT2D eigenvalue weighted by Crippen LogP contribution is 2.31. The minimum absolute atomic E-state index is 0. The van der Waals surface area contributed by atoms with Crippen LogP contribution in [-0.2, 0) is 14.8 Å². The Kier molecular flexibility index (Phi) is 9.00. The molecule has 0 aromatic heterocycles. The van der Waals surface area contributed by atoms with Crippen LogP contribution in [0.5, 0.6) is 11.5 Å². The maximum atomic E-state index is 12.9. The van der Waals surface area contributed by atoms with Crippen molar-refractivity contribution < 1.29 is 22.7 Å². The van der Waals surface area contributed by atoms with E-state index in [9.17, 15) is 13.2 Å². The minimum atomic E-state index is -3.64. The number of nitrogens with two attached hydrogens (primary N) is 1. The Morgan fingerprint density at radius 3 is 2.25 bits per heavy atom. The fraction of sp³-hybridized carbons (Fsp3) is 0.611. The molecule has 1 aliphatic rings. The summed E-state index contributed by atoms with van der Waals surface area (Å²) in [6.45, 7) is 4.27. The highest BCUT2D eigenvalue weighted by Gasteiger charge is 2.31. The molecule has 2 unspecified atom stereocenters. The Bertz CT molecular complexity index is 764. The van der Waals surface area contributed by atoms with Crippen LogP contribution in [0.1, 0.15) is 26.7 Å². The number of sulfonamides is 1. The number of nitrogens with zero attached hydrogens (tertiary/aromatic N) is 1. The molecule has 10 heteroatoms. The first-order valence-electron chi connectivity index (χ1n) is 8.98. The van der Waals surface area contributed by atoms with Gasteiger partial charge >= 0.3 is 0 Å². The molecule has 1 amide bonds. The van der Waals surface area contributed by atoms with Gasteiger partial charge in [-0.15, -0.1) is 12.4 Å². The van der Waals surface area contributed by atoms with E-state index < -0.39 is 10.0 Å². The van der Waals surface area contributed by atoms with Crippen molar-refractivity contribution >= 4 is 28.3 Å². The lowest BCUT2D eigenvalue weighted by atomic mass is 10.0. The van der Waals surface area contributed by atoms with E-state index in [1.165, 1.54) is 30.7 Å². The number of carbonyl (C=O) groups is 1. The Balaban J connectivity index is 0.00000392. The highest BCUT2D eigenvalue weighted by atomic mass is 35.5. The second kappa shape index (κ2) is 10.3. The Morgan fingerprint density at radius 1 is 1.18 bits per heavy atom. The molecule has 8 nitrogen and oxygen atoms in total. The lowest BCUT2D eigenvalue weighted by molar-refractivity contribution is -0.125. The van der Waals surface area contributed by atoms with Crippen LogP contribution in [0.25, 0.3) is 0 Å². The van der Waals surface area contributed by atoms with Crippen molar-refractivity contribution in [3.63, 3.8) is 0 Å². The van der Waals surface area contributed by atoms with E-state index in [1.54, 1.807) is 19.9 Å². The van der Waals surface area contributed by atoms with E-state index in [0.29, 0.717) is 37.4 Å². The first kappa shape index (κ1) is 24.5. The number of methoxy groups -OCH3 is 2. The number of ether oxygens (including phenoxy) is 2. The van der Waals surface area contributed by atoms with Gasteiger partial charge in [-0.3, -0.25) is 4.79 Å². The molecule has 3 N–H and O–H groups in total. The summed E-state index contributed by atoms with van der Waals surface area (Å²) in [7, 11) is -0.675. The van der Waals surface area contributed by atoms with Crippen LogP contribution in [0.2, 0.25) is 0 Å². The van der Waals surface area contributed by atoms with Crippen LogP contribution in [0.4, 0.5) is 0 Å². The van der Waals surface area contributed by atoms with E-state index in [4.69, 9.17) is 15.2 Å². The molecule has 160 valence electrons. The number of carbonyl (C=O) groups excluding carboxylic acids is 1. The summed E-state index contributed by atoms with van der Waals surface area (Å²) in [6, 6.07) is 4.28. The third-order valence-corrected chi connectivity index (χ3v) is 6.89. The van der Waals surface area contributed by atoms with E-state index in [-0.39, 0.29) is 41.2 Å². The molecule has 0 radical (unpaired) electrons. The minimum Gasteiger partial charge on any atom is -0.493 e. The van der Waals surface area contributed by atoms with Crippen molar-refractivity contribution in [1.82, 2.24) is 9.62 Å². The standard InChI is InChI=1S/C18H29N3O5S.ClH/c1-12(13(2)19)18(22)20-14-7-9-21(10-8-14)27(23,24)15-5-6-16(25-3)17(11-15)26-4;/h5-6,11-14H,7-10,19H2,1-4H3,(H,20,22);1H. The number of halogens is 1. The Morgan fingerprint density at radius 2 is 1.75 bits per heavy atom. The van der Waals surface area contributed by atoms with Gasteiger partial charge in [-0.25, -0.2) is 8.42 Å². The summed E-state index contributed by atoms with van der Waals surface area (Å²) in [4.78, 5) is 12.3. The molecule has 2 atom stereocenters. The number of piperidine rings is 1. The van der Waals surface area contributed by atoms with Crippen molar-refractivity contribution in [3.05, 3.63) is 18.2 Å². The van der Waals surface area contributed by atoms with Crippen LogP contribution >= 0.6 is 12.4 Å². The van der Waals surface area contributed by atoms with Gasteiger partial charge in [-0.05, 0) is 31.9 Å². The molecule has 1 aromatic carbocycles. The van der Waals surface area contributed by atoms with Crippen molar-refractivity contribution in [1.29, 1.82) is 0 Å². The van der Waals surface area contributed by atoms with Gasteiger partial charge in [0.1, 0.15) is 0 Å². The molecule has 2 rings (SSSR count). The molecule has 0 aliphatic carbocycles. The van der Waals surface area contributed by atoms with E-state index >= 15 is 0 Å². The van der Waals surface area contributed by atoms with Crippen LogP contribution < -0.4 is 20.5 Å². The second-order valence-electron chi connectivity index (χ2n) is 6.85. The van der Waals surface area contributed by atoms with Gasteiger partial charge in [0.05, 0.1) is 19.1 Å². The summed E-state index contributed by atoms with van der Waals surface area (Å²) in [5, 5.41) is 2.97. The number of hydrogen-bond donors (Lipinski definition) is 2.